The van der Waals surface area contributed by atoms with E-state index in [4.69, 9.17) is 0 Å². The highest BCUT2D eigenvalue weighted by Crippen LogP contribution is 2.24. The predicted molar refractivity (Wildman–Crippen MR) is 98.7 cm³/mol. The molecular formula is C18H15N5S. The molecule has 0 aliphatic rings. The van der Waals surface area contributed by atoms with Crippen LogP contribution in [0.1, 0.15) is 4.88 Å². The molecule has 0 unspecified atom stereocenters. The van der Waals surface area contributed by atoms with E-state index in [1.807, 2.05) is 36.4 Å². The first-order valence-electron chi connectivity index (χ1n) is 7.58. The molecule has 118 valence electrons. The Morgan fingerprint density at radius 2 is 1.92 bits per heavy atom. The number of thiophene rings is 1. The van der Waals surface area contributed by atoms with Gasteiger partial charge in [-0.15, -0.1) is 11.3 Å². The molecule has 0 saturated heterocycles. The van der Waals surface area contributed by atoms with E-state index in [2.05, 4.69) is 43.1 Å². The predicted octanol–water partition coefficient (Wildman–Crippen LogP) is 4.44. The van der Waals surface area contributed by atoms with E-state index in [0.717, 1.165) is 29.0 Å². The van der Waals surface area contributed by atoms with E-state index in [1.165, 1.54) is 4.88 Å². The van der Waals surface area contributed by atoms with Gasteiger partial charge in [-0.3, -0.25) is 4.98 Å². The van der Waals surface area contributed by atoms with E-state index in [0.29, 0.717) is 5.95 Å². The Kier molecular flexibility index (Phi) is 4.04. The lowest BCUT2D eigenvalue weighted by atomic mass is 10.2. The Labute approximate surface area is 143 Å². The van der Waals surface area contributed by atoms with Crippen molar-refractivity contribution >= 4 is 39.7 Å². The summed E-state index contributed by atoms with van der Waals surface area (Å²) >= 11 is 1.72. The van der Waals surface area contributed by atoms with E-state index >= 15 is 0 Å². The second kappa shape index (κ2) is 6.64. The molecule has 1 aromatic carbocycles. The van der Waals surface area contributed by atoms with E-state index in [1.54, 1.807) is 23.7 Å². The molecule has 0 fully saturated rings. The van der Waals surface area contributed by atoms with E-state index in [-0.39, 0.29) is 0 Å². The van der Waals surface area contributed by atoms with Gasteiger partial charge in [-0.1, -0.05) is 18.2 Å². The molecule has 5 nitrogen and oxygen atoms in total. The van der Waals surface area contributed by atoms with Gasteiger partial charge in [0.15, 0.2) is 0 Å². The zero-order valence-electron chi connectivity index (χ0n) is 12.8. The molecular weight excluding hydrogens is 318 g/mol. The molecule has 0 saturated carbocycles. The minimum Gasteiger partial charge on any atom is -0.364 e. The molecule has 4 rings (SSSR count). The average molecular weight is 333 g/mol. The Morgan fingerprint density at radius 1 is 0.958 bits per heavy atom. The van der Waals surface area contributed by atoms with Gasteiger partial charge in [0.2, 0.25) is 5.95 Å². The maximum Gasteiger partial charge on any atom is 0.229 e. The number of nitrogens with zero attached hydrogens (tertiary/aromatic N) is 3. The van der Waals surface area contributed by atoms with Gasteiger partial charge in [0.05, 0.1) is 23.9 Å². The minimum absolute atomic E-state index is 0.551. The number of para-hydroxylation sites is 1. The summed E-state index contributed by atoms with van der Waals surface area (Å²) in [6.07, 6.45) is 3.48. The molecule has 0 aliphatic carbocycles. The first kappa shape index (κ1) is 14.6. The van der Waals surface area contributed by atoms with Crippen LogP contribution in [0.15, 0.2) is 66.3 Å². The summed E-state index contributed by atoms with van der Waals surface area (Å²) in [6, 6.07) is 16.0. The van der Waals surface area contributed by atoms with Crippen molar-refractivity contribution in [3.8, 4) is 0 Å². The molecule has 0 atom stereocenters. The lowest BCUT2D eigenvalue weighted by molar-refractivity contribution is 1.13. The number of aromatic nitrogens is 3. The number of anilines is 3. The van der Waals surface area contributed by atoms with Crippen molar-refractivity contribution in [2.75, 3.05) is 10.6 Å². The molecule has 24 heavy (non-hydrogen) atoms. The SMILES string of the molecule is c1cncc(Nc2nc(NCc3cccs3)c3ccccc3n2)c1. The zero-order chi connectivity index (χ0) is 16.2. The molecule has 0 radical (unpaired) electrons. The van der Waals surface area contributed by atoms with Crippen LogP contribution in [0.2, 0.25) is 0 Å². The Hall–Kier alpha value is -2.99. The minimum atomic E-state index is 0.551. The summed E-state index contributed by atoms with van der Waals surface area (Å²) in [5.41, 5.74) is 1.75. The van der Waals surface area contributed by atoms with E-state index < -0.39 is 0 Å². The summed E-state index contributed by atoms with van der Waals surface area (Å²) in [5, 5.41) is 9.71. The number of hydrogen-bond donors (Lipinski definition) is 2. The number of nitrogens with one attached hydrogen (secondary N) is 2. The van der Waals surface area contributed by atoms with Gasteiger partial charge in [-0.05, 0) is 35.7 Å². The number of hydrogen-bond acceptors (Lipinski definition) is 6. The van der Waals surface area contributed by atoms with Crippen LogP contribution in [0.3, 0.4) is 0 Å². The number of fused-ring (bicyclic) bond motifs is 1. The number of benzene rings is 1. The van der Waals surface area contributed by atoms with Crippen LogP contribution in [0.5, 0.6) is 0 Å². The van der Waals surface area contributed by atoms with Gasteiger partial charge < -0.3 is 10.6 Å². The normalized spacial score (nSPS) is 10.7. The Bertz CT molecular complexity index is 938. The Balaban J connectivity index is 1.67. The molecule has 0 aliphatic heterocycles. The van der Waals surface area contributed by atoms with Crippen molar-refractivity contribution in [3.63, 3.8) is 0 Å². The van der Waals surface area contributed by atoms with Crippen LogP contribution in [-0.2, 0) is 6.54 Å². The summed E-state index contributed by atoms with van der Waals surface area (Å²) in [6.45, 7) is 0.741. The molecule has 2 N–H and O–H groups in total. The third-order valence-corrected chi connectivity index (χ3v) is 4.41. The molecule has 0 spiro atoms. The second-order valence-corrected chi connectivity index (χ2v) is 6.24. The van der Waals surface area contributed by atoms with Crippen molar-refractivity contribution in [1.82, 2.24) is 15.0 Å². The van der Waals surface area contributed by atoms with Crippen molar-refractivity contribution < 1.29 is 0 Å². The second-order valence-electron chi connectivity index (χ2n) is 5.21. The molecule has 4 aromatic rings. The lowest BCUT2D eigenvalue weighted by Crippen LogP contribution is -2.05. The molecule has 0 bridgehead atoms. The summed E-state index contributed by atoms with van der Waals surface area (Å²) in [4.78, 5) is 14.6. The fourth-order valence-electron chi connectivity index (χ4n) is 2.42. The average Bonchev–Trinajstić information content (AvgIpc) is 3.14. The largest absolute Gasteiger partial charge is 0.364 e. The van der Waals surface area contributed by atoms with Gasteiger partial charge >= 0.3 is 0 Å². The topological polar surface area (TPSA) is 62.7 Å². The number of pyridine rings is 1. The summed E-state index contributed by atoms with van der Waals surface area (Å²) < 4.78 is 0. The van der Waals surface area contributed by atoms with Gasteiger partial charge in [0.1, 0.15) is 5.82 Å². The van der Waals surface area contributed by atoms with Crippen molar-refractivity contribution in [3.05, 3.63) is 71.2 Å². The fourth-order valence-corrected chi connectivity index (χ4v) is 3.06. The standard InChI is InChI=1S/C18H15N5S/c1-2-8-16-15(7-1)17(20-12-14-6-4-10-24-14)23-18(22-16)21-13-5-3-9-19-11-13/h1-11H,12H2,(H2,20,21,22,23). The van der Waals surface area contributed by atoms with Crippen LogP contribution in [0, 0.1) is 0 Å². The van der Waals surface area contributed by atoms with Crippen molar-refractivity contribution in [2.24, 2.45) is 0 Å². The van der Waals surface area contributed by atoms with Gasteiger partial charge in [-0.2, -0.15) is 4.98 Å². The summed E-state index contributed by atoms with van der Waals surface area (Å²) in [7, 11) is 0. The fraction of sp³-hybridized carbons (Fsp3) is 0.0556. The van der Waals surface area contributed by atoms with Crippen LogP contribution < -0.4 is 10.6 Å². The molecule has 3 heterocycles. The van der Waals surface area contributed by atoms with Gasteiger partial charge in [0, 0.05) is 16.5 Å². The monoisotopic (exact) mass is 333 g/mol. The number of rotatable bonds is 5. The molecule has 3 aromatic heterocycles. The first-order valence-corrected chi connectivity index (χ1v) is 8.46. The third kappa shape index (κ3) is 3.18. The van der Waals surface area contributed by atoms with Crippen LogP contribution >= 0.6 is 11.3 Å². The highest BCUT2D eigenvalue weighted by molar-refractivity contribution is 7.09. The lowest BCUT2D eigenvalue weighted by Gasteiger charge is -2.11. The van der Waals surface area contributed by atoms with E-state index in [9.17, 15) is 0 Å². The third-order valence-electron chi connectivity index (χ3n) is 3.53. The maximum absolute atomic E-state index is 4.64. The smallest absolute Gasteiger partial charge is 0.229 e. The van der Waals surface area contributed by atoms with Crippen LogP contribution in [-0.4, -0.2) is 15.0 Å². The highest BCUT2D eigenvalue weighted by Gasteiger charge is 2.08. The molecule has 6 heteroatoms. The zero-order valence-corrected chi connectivity index (χ0v) is 13.6. The Morgan fingerprint density at radius 3 is 2.75 bits per heavy atom. The van der Waals surface area contributed by atoms with Gasteiger partial charge in [-0.25, -0.2) is 4.98 Å². The van der Waals surface area contributed by atoms with Crippen LogP contribution in [0.25, 0.3) is 10.9 Å². The van der Waals surface area contributed by atoms with Crippen molar-refractivity contribution in [1.29, 1.82) is 0 Å². The highest BCUT2D eigenvalue weighted by atomic mass is 32.1. The van der Waals surface area contributed by atoms with Gasteiger partial charge in [0.25, 0.3) is 0 Å². The quantitative estimate of drug-likeness (QED) is 0.565. The first-order chi connectivity index (χ1) is 11.9. The van der Waals surface area contributed by atoms with Crippen molar-refractivity contribution in [2.45, 2.75) is 6.54 Å². The summed E-state index contributed by atoms with van der Waals surface area (Å²) in [5.74, 6) is 1.37. The van der Waals surface area contributed by atoms with Crippen LogP contribution in [0.4, 0.5) is 17.5 Å². The maximum atomic E-state index is 4.64. The molecule has 0 amide bonds.